The van der Waals surface area contributed by atoms with Crippen molar-refractivity contribution < 1.29 is 22.7 Å². The van der Waals surface area contributed by atoms with Gasteiger partial charge in [-0.2, -0.15) is 13.2 Å². The summed E-state index contributed by atoms with van der Waals surface area (Å²) in [5.74, 6) is -1.34. The lowest BCUT2D eigenvalue weighted by Crippen LogP contribution is -2.37. The van der Waals surface area contributed by atoms with Crippen LogP contribution in [0, 0.1) is 0 Å². The first-order valence-electron chi connectivity index (χ1n) is 5.02. The van der Waals surface area contributed by atoms with Gasteiger partial charge in [-0.05, 0) is 34.0 Å². The molecule has 0 saturated heterocycles. The third-order valence-electron chi connectivity index (χ3n) is 2.20. The Morgan fingerprint density at radius 2 is 2.11 bits per heavy atom. The number of hydrogen-bond acceptors (Lipinski definition) is 2. The van der Waals surface area contributed by atoms with Crippen LogP contribution < -0.4 is 10.1 Å². The van der Waals surface area contributed by atoms with Crippen LogP contribution in [0.4, 0.5) is 13.2 Å². The lowest BCUT2D eigenvalue weighted by molar-refractivity contribution is -0.173. The molecule has 1 amide bonds. The molecule has 0 radical (unpaired) electrons. The Morgan fingerprint density at radius 1 is 1.44 bits per heavy atom. The summed E-state index contributed by atoms with van der Waals surface area (Å²) in [7, 11) is 1.50. The molecule has 0 aliphatic rings. The molecular weight excluding hydrogens is 315 g/mol. The Balaban J connectivity index is 2.57. The molecule has 7 heteroatoms. The van der Waals surface area contributed by atoms with Crippen molar-refractivity contribution >= 4 is 21.8 Å². The molecule has 0 unspecified atom stereocenters. The van der Waals surface area contributed by atoms with Gasteiger partial charge >= 0.3 is 12.1 Å². The molecule has 1 N–H and O–H groups in total. The Morgan fingerprint density at radius 3 is 2.67 bits per heavy atom. The molecule has 1 rings (SSSR count). The van der Waals surface area contributed by atoms with E-state index in [-0.39, 0.29) is 13.0 Å². The van der Waals surface area contributed by atoms with Crippen LogP contribution in [0.1, 0.15) is 5.56 Å². The minimum absolute atomic E-state index is 0.0931. The maximum atomic E-state index is 11.9. The lowest BCUT2D eigenvalue weighted by atomic mass is 10.1. The number of carbonyl (C=O) groups is 1. The standard InChI is InChI=1S/C11H11BrF3NO2/c1-18-8-4-2-3-7(9(8)12)5-6-16-10(17)11(13,14)15/h2-4H,5-6H2,1H3,(H,16,17). The maximum Gasteiger partial charge on any atom is 0.471 e. The molecule has 0 aliphatic carbocycles. The summed E-state index contributed by atoms with van der Waals surface area (Å²) in [6.45, 7) is -0.0931. The van der Waals surface area contributed by atoms with E-state index in [1.807, 2.05) is 5.32 Å². The highest BCUT2D eigenvalue weighted by atomic mass is 79.9. The molecule has 0 saturated carbocycles. The molecular formula is C11H11BrF3NO2. The Bertz CT molecular complexity index is 435. The molecule has 18 heavy (non-hydrogen) atoms. The van der Waals surface area contributed by atoms with Gasteiger partial charge < -0.3 is 10.1 Å². The second kappa shape index (κ2) is 6.08. The van der Waals surface area contributed by atoms with Gasteiger partial charge in [-0.1, -0.05) is 12.1 Å². The number of alkyl halides is 3. The quantitative estimate of drug-likeness (QED) is 0.924. The second-order valence-corrected chi connectivity index (χ2v) is 4.23. The van der Waals surface area contributed by atoms with Gasteiger partial charge in [-0.25, -0.2) is 0 Å². The number of methoxy groups -OCH3 is 1. The zero-order valence-electron chi connectivity index (χ0n) is 9.47. The monoisotopic (exact) mass is 325 g/mol. The Kier molecular flexibility index (Phi) is 5.01. The van der Waals surface area contributed by atoms with E-state index in [0.29, 0.717) is 10.2 Å². The molecule has 1 aromatic rings. The van der Waals surface area contributed by atoms with E-state index in [1.165, 1.54) is 7.11 Å². The van der Waals surface area contributed by atoms with E-state index >= 15 is 0 Å². The normalized spacial score (nSPS) is 11.2. The predicted octanol–water partition coefficient (Wildman–Crippen LogP) is 2.68. The zero-order valence-corrected chi connectivity index (χ0v) is 11.1. The van der Waals surface area contributed by atoms with Crippen LogP contribution in [-0.4, -0.2) is 25.7 Å². The SMILES string of the molecule is COc1cccc(CCNC(=O)C(F)(F)F)c1Br. The fourth-order valence-electron chi connectivity index (χ4n) is 1.32. The summed E-state index contributed by atoms with van der Waals surface area (Å²) in [5.41, 5.74) is 0.761. The first-order chi connectivity index (χ1) is 8.36. The van der Waals surface area contributed by atoms with Crippen LogP contribution in [-0.2, 0) is 11.2 Å². The highest BCUT2D eigenvalue weighted by Crippen LogP contribution is 2.28. The van der Waals surface area contributed by atoms with E-state index in [9.17, 15) is 18.0 Å². The van der Waals surface area contributed by atoms with Gasteiger partial charge in [0.2, 0.25) is 0 Å². The molecule has 0 atom stereocenters. The van der Waals surface area contributed by atoms with E-state index in [4.69, 9.17) is 4.74 Å². The zero-order chi connectivity index (χ0) is 13.8. The van der Waals surface area contributed by atoms with Crippen molar-refractivity contribution in [2.45, 2.75) is 12.6 Å². The van der Waals surface area contributed by atoms with Gasteiger partial charge in [0.05, 0.1) is 11.6 Å². The van der Waals surface area contributed by atoms with Crippen molar-refractivity contribution in [3.05, 3.63) is 28.2 Å². The average molecular weight is 326 g/mol. The number of carbonyl (C=O) groups excluding carboxylic acids is 1. The van der Waals surface area contributed by atoms with E-state index in [2.05, 4.69) is 15.9 Å². The smallest absolute Gasteiger partial charge is 0.471 e. The minimum Gasteiger partial charge on any atom is -0.496 e. The molecule has 1 aromatic carbocycles. The van der Waals surface area contributed by atoms with E-state index in [0.717, 1.165) is 5.56 Å². The van der Waals surface area contributed by atoms with Crippen LogP contribution in [0.15, 0.2) is 22.7 Å². The Hall–Kier alpha value is -1.24. The van der Waals surface area contributed by atoms with Gasteiger partial charge in [0.25, 0.3) is 0 Å². The second-order valence-electron chi connectivity index (χ2n) is 3.44. The van der Waals surface area contributed by atoms with Crippen molar-refractivity contribution in [1.82, 2.24) is 5.32 Å². The van der Waals surface area contributed by atoms with Crippen LogP contribution >= 0.6 is 15.9 Å². The summed E-state index contributed by atoms with van der Waals surface area (Å²) in [4.78, 5) is 10.6. The Labute approximate surface area is 110 Å². The summed E-state index contributed by atoms with van der Waals surface area (Å²) >= 11 is 3.29. The summed E-state index contributed by atoms with van der Waals surface area (Å²) in [6.07, 6.45) is -4.56. The van der Waals surface area contributed by atoms with Gasteiger partial charge in [-0.15, -0.1) is 0 Å². The lowest BCUT2D eigenvalue weighted by Gasteiger charge is -2.10. The van der Waals surface area contributed by atoms with Gasteiger partial charge in [0, 0.05) is 6.54 Å². The number of halogens is 4. The van der Waals surface area contributed by atoms with Crippen molar-refractivity contribution in [1.29, 1.82) is 0 Å². The number of amides is 1. The molecule has 3 nitrogen and oxygen atoms in total. The fraction of sp³-hybridized carbons (Fsp3) is 0.364. The summed E-state index contributed by atoms with van der Waals surface area (Å²) < 4.78 is 41.5. The highest BCUT2D eigenvalue weighted by molar-refractivity contribution is 9.10. The minimum atomic E-state index is -4.84. The van der Waals surface area contributed by atoms with Crippen molar-refractivity contribution in [3.63, 3.8) is 0 Å². The fourth-order valence-corrected chi connectivity index (χ4v) is 1.94. The van der Waals surface area contributed by atoms with Crippen LogP contribution in [0.2, 0.25) is 0 Å². The molecule has 0 aliphatic heterocycles. The van der Waals surface area contributed by atoms with Crippen molar-refractivity contribution in [2.24, 2.45) is 0 Å². The third-order valence-corrected chi connectivity index (χ3v) is 3.10. The van der Waals surface area contributed by atoms with Crippen molar-refractivity contribution in [2.75, 3.05) is 13.7 Å². The first kappa shape index (κ1) is 14.8. The summed E-state index contributed by atoms with van der Waals surface area (Å²) in [6, 6.07) is 5.19. The highest BCUT2D eigenvalue weighted by Gasteiger charge is 2.38. The van der Waals surface area contributed by atoms with Gasteiger partial charge in [0.1, 0.15) is 5.75 Å². The van der Waals surface area contributed by atoms with Crippen LogP contribution in [0.5, 0.6) is 5.75 Å². The van der Waals surface area contributed by atoms with E-state index < -0.39 is 12.1 Å². The van der Waals surface area contributed by atoms with Crippen molar-refractivity contribution in [3.8, 4) is 5.75 Å². The predicted molar refractivity (Wildman–Crippen MR) is 63.5 cm³/mol. The van der Waals surface area contributed by atoms with Crippen LogP contribution in [0.3, 0.4) is 0 Å². The largest absolute Gasteiger partial charge is 0.496 e. The molecule has 0 spiro atoms. The average Bonchev–Trinajstić information content (AvgIpc) is 2.30. The number of ether oxygens (including phenoxy) is 1. The van der Waals surface area contributed by atoms with Gasteiger partial charge in [0.15, 0.2) is 0 Å². The topological polar surface area (TPSA) is 38.3 Å². The van der Waals surface area contributed by atoms with E-state index in [1.54, 1.807) is 18.2 Å². The number of benzene rings is 1. The molecule has 0 aromatic heterocycles. The molecule has 0 fully saturated rings. The number of hydrogen-bond donors (Lipinski definition) is 1. The number of rotatable bonds is 4. The molecule has 0 bridgehead atoms. The number of nitrogens with one attached hydrogen (secondary N) is 1. The summed E-state index contributed by atoms with van der Waals surface area (Å²) in [5, 5.41) is 1.81. The van der Waals surface area contributed by atoms with Crippen LogP contribution in [0.25, 0.3) is 0 Å². The molecule has 100 valence electrons. The third kappa shape index (κ3) is 3.90. The first-order valence-corrected chi connectivity index (χ1v) is 5.82. The van der Waals surface area contributed by atoms with Gasteiger partial charge in [-0.3, -0.25) is 4.79 Å². The maximum absolute atomic E-state index is 11.9. The molecule has 0 heterocycles.